The SMILES string of the molecule is Cc1nn(C)c2ncc(C(=O)OCC(=O)c3ccc(-c4ccc(Br)cc4)cc3)cc12. The molecular formula is C23H18BrN3O3. The van der Waals surface area contributed by atoms with Gasteiger partial charge in [0.15, 0.2) is 18.0 Å². The van der Waals surface area contributed by atoms with Crippen LogP contribution in [0.3, 0.4) is 0 Å². The third-order valence-corrected chi connectivity index (χ3v) is 5.35. The number of benzene rings is 2. The first-order valence-electron chi connectivity index (χ1n) is 9.28. The Labute approximate surface area is 181 Å². The van der Waals surface area contributed by atoms with Gasteiger partial charge >= 0.3 is 5.97 Å². The predicted octanol–water partition coefficient (Wildman–Crippen LogP) is 4.75. The van der Waals surface area contributed by atoms with Crippen LogP contribution in [0.2, 0.25) is 0 Å². The number of Topliss-reactive ketones (excluding diaryl/α,β-unsaturated/α-hetero) is 1. The van der Waals surface area contributed by atoms with E-state index in [0.717, 1.165) is 26.7 Å². The molecule has 2 aromatic heterocycles. The Hall–Kier alpha value is -3.32. The van der Waals surface area contributed by atoms with Crippen molar-refractivity contribution in [3.05, 3.63) is 82.1 Å². The summed E-state index contributed by atoms with van der Waals surface area (Å²) in [4.78, 5) is 29.1. The molecule has 6 nitrogen and oxygen atoms in total. The summed E-state index contributed by atoms with van der Waals surface area (Å²) in [6.07, 6.45) is 1.43. The van der Waals surface area contributed by atoms with Crippen molar-refractivity contribution in [3.8, 4) is 11.1 Å². The molecule has 150 valence electrons. The van der Waals surface area contributed by atoms with Crippen LogP contribution in [0.5, 0.6) is 0 Å². The molecule has 2 heterocycles. The van der Waals surface area contributed by atoms with Crippen LogP contribution in [0.4, 0.5) is 0 Å². The number of ether oxygens (including phenoxy) is 1. The number of aryl methyl sites for hydroxylation is 2. The number of nitrogens with zero attached hydrogens (tertiary/aromatic N) is 3. The summed E-state index contributed by atoms with van der Waals surface area (Å²) in [6, 6.07) is 16.8. The maximum Gasteiger partial charge on any atom is 0.340 e. The maximum atomic E-state index is 12.4. The Morgan fingerprint density at radius 1 is 1.00 bits per heavy atom. The minimum Gasteiger partial charge on any atom is -0.454 e. The van der Waals surface area contributed by atoms with E-state index in [1.165, 1.54) is 6.20 Å². The molecule has 0 aliphatic heterocycles. The summed E-state index contributed by atoms with van der Waals surface area (Å²) >= 11 is 3.42. The topological polar surface area (TPSA) is 74.1 Å². The van der Waals surface area contributed by atoms with Gasteiger partial charge in [0.1, 0.15) is 0 Å². The standard InChI is InChI=1S/C23H18BrN3O3/c1-14-20-11-18(12-25-22(20)27(2)26-14)23(29)30-13-21(28)17-5-3-15(4-6-17)16-7-9-19(24)10-8-16/h3-12H,13H2,1-2H3. The molecule has 4 aromatic rings. The summed E-state index contributed by atoms with van der Waals surface area (Å²) in [5.74, 6) is -0.857. The van der Waals surface area contributed by atoms with Gasteiger partial charge in [-0.25, -0.2) is 9.78 Å². The molecule has 0 bridgehead atoms. The van der Waals surface area contributed by atoms with Gasteiger partial charge in [-0.15, -0.1) is 0 Å². The van der Waals surface area contributed by atoms with Crippen molar-refractivity contribution in [1.82, 2.24) is 14.8 Å². The lowest BCUT2D eigenvalue weighted by atomic mass is 10.0. The molecule has 0 fully saturated rings. The Bertz CT molecular complexity index is 1250. The smallest absolute Gasteiger partial charge is 0.340 e. The molecule has 0 radical (unpaired) electrons. The van der Waals surface area contributed by atoms with Crippen LogP contribution in [-0.2, 0) is 11.8 Å². The zero-order chi connectivity index (χ0) is 21.3. The Kier molecular flexibility index (Phi) is 5.46. The molecular weight excluding hydrogens is 446 g/mol. The number of hydrogen-bond donors (Lipinski definition) is 0. The summed E-state index contributed by atoms with van der Waals surface area (Å²) in [5, 5.41) is 5.06. The van der Waals surface area contributed by atoms with E-state index in [2.05, 4.69) is 26.0 Å². The summed E-state index contributed by atoms with van der Waals surface area (Å²) in [6.45, 7) is 1.51. The van der Waals surface area contributed by atoms with Gasteiger partial charge in [0.05, 0.1) is 11.3 Å². The van der Waals surface area contributed by atoms with E-state index < -0.39 is 5.97 Å². The lowest BCUT2D eigenvalue weighted by Gasteiger charge is -2.06. The second-order valence-electron chi connectivity index (χ2n) is 6.89. The van der Waals surface area contributed by atoms with Gasteiger partial charge in [0, 0.05) is 28.7 Å². The molecule has 7 heteroatoms. The molecule has 0 atom stereocenters. The van der Waals surface area contributed by atoms with Crippen molar-refractivity contribution in [2.45, 2.75) is 6.92 Å². The average molecular weight is 464 g/mol. The van der Waals surface area contributed by atoms with Crippen LogP contribution in [-0.4, -0.2) is 33.1 Å². The predicted molar refractivity (Wildman–Crippen MR) is 117 cm³/mol. The molecule has 0 spiro atoms. The van der Waals surface area contributed by atoms with E-state index in [9.17, 15) is 9.59 Å². The number of fused-ring (bicyclic) bond motifs is 1. The van der Waals surface area contributed by atoms with Crippen molar-refractivity contribution < 1.29 is 14.3 Å². The molecule has 0 aliphatic carbocycles. The van der Waals surface area contributed by atoms with E-state index >= 15 is 0 Å². The van der Waals surface area contributed by atoms with Crippen LogP contribution in [0.1, 0.15) is 26.4 Å². The minimum absolute atomic E-state index is 0.266. The van der Waals surface area contributed by atoms with Gasteiger partial charge in [-0.3, -0.25) is 9.48 Å². The Morgan fingerprint density at radius 3 is 2.30 bits per heavy atom. The molecule has 0 saturated heterocycles. The lowest BCUT2D eigenvalue weighted by molar-refractivity contribution is 0.0474. The number of rotatable bonds is 5. The highest BCUT2D eigenvalue weighted by Gasteiger charge is 2.15. The van der Waals surface area contributed by atoms with Gasteiger partial charge in [0.25, 0.3) is 0 Å². The third-order valence-electron chi connectivity index (χ3n) is 4.82. The number of pyridine rings is 1. The fourth-order valence-electron chi connectivity index (χ4n) is 3.21. The van der Waals surface area contributed by atoms with Crippen LogP contribution in [0.15, 0.2) is 65.3 Å². The first-order chi connectivity index (χ1) is 14.4. The van der Waals surface area contributed by atoms with E-state index in [1.807, 2.05) is 43.3 Å². The molecule has 0 amide bonds. The van der Waals surface area contributed by atoms with Gasteiger partial charge in [-0.05, 0) is 36.2 Å². The first kappa shape index (κ1) is 20.0. The normalized spacial score (nSPS) is 10.9. The lowest BCUT2D eigenvalue weighted by Crippen LogP contribution is -2.14. The van der Waals surface area contributed by atoms with E-state index in [-0.39, 0.29) is 18.0 Å². The minimum atomic E-state index is -0.590. The second kappa shape index (κ2) is 8.20. The molecule has 4 rings (SSSR count). The maximum absolute atomic E-state index is 12.4. The number of halogens is 1. The average Bonchev–Trinajstić information content (AvgIpc) is 3.05. The van der Waals surface area contributed by atoms with Crippen LogP contribution in [0, 0.1) is 6.92 Å². The zero-order valence-corrected chi connectivity index (χ0v) is 18.0. The molecule has 0 saturated carbocycles. The van der Waals surface area contributed by atoms with Gasteiger partial charge in [-0.1, -0.05) is 52.3 Å². The van der Waals surface area contributed by atoms with E-state index in [0.29, 0.717) is 11.2 Å². The number of carbonyl (C=O) groups is 2. The van der Waals surface area contributed by atoms with Crippen molar-refractivity contribution in [2.75, 3.05) is 6.61 Å². The van der Waals surface area contributed by atoms with Crippen LogP contribution >= 0.6 is 15.9 Å². The molecule has 30 heavy (non-hydrogen) atoms. The van der Waals surface area contributed by atoms with Crippen molar-refractivity contribution >= 4 is 38.7 Å². The number of ketones is 1. The van der Waals surface area contributed by atoms with Gasteiger partial charge in [-0.2, -0.15) is 5.10 Å². The fourth-order valence-corrected chi connectivity index (χ4v) is 3.47. The molecule has 0 unspecified atom stereocenters. The summed E-state index contributed by atoms with van der Waals surface area (Å²) in [5.41, 5.74) is 4.29. The molecule has 0 N–H and O–H groups in total. The van der Waals surface area contributed by atoms with Crippen LogP contribution < -0.4 is 0 Å². The van der Waals surface area contributed by atoms with Gasteiger partial charge in [0.2, 0.25) is 0 Å². The van der Waals surface area contributed by atoms with E-state index in [4.69, 9.17) is 4.74 Å². The number of aromatic nitrogens is 3. The Balaban J connectivity index is 1.42. The highest BCUT2D eigenvalue weighted by Crippen LogP contribution is 2.22. The van der Waals surface area contributed by atoms with Crippen LogP contribution in [0.25, 0.3) is 22.2 Å². The van der Waals surface area contributed by atoms with Crippen molar-refractivity contribution in [3.63, 3.8) is 0 Å². The van der Waals surface area contributed by atoms with Crippen molar-refractivity contribution in [1.29, 1.82) is 0 Å². The number of hydrogen-bond acceptors (Lipinski definition) is 5. The summed E-state index contributed by atoms with van der Waals surface area (Å²) in [7, 11) is 1.79. The molecule has 2 aromatic carbocycles. The fraction of sp³-hybridized carbons (Fsp3) is 0.130. The monoisotopic (exact) mass is 463 g/mol. The largest absolute Gasteiger partial charge is 0.454 e. The highest BCUT2D eigenvalue weighted by molar-refractivity contribution is 9.10. The highest BCUT2D eigenvalue weighted by atomic mass is 79.9. The van der Waals surface area contributed by atoms with Crippen molar-refractivity contribution in [2.24, 2.45) is 7.05 Å². The van der Waals surface area contributed by atoms with Gasteiger partial charge < -0.3 is 4.74 Å². The number of esters is 1. The zero-order valence-electron chi connectivity index (χ0n) is 16.4. The Morgan fingerprint density at radius 2 is 1.63 bits per heavy atom. The quantitative estimate of drug-likeness (QED) is 0.315. The third kappa shape index (κ3) is 4.02. The molecule has 0 aliphatic rings. The summed E-state index contributed by atoms with van der Waals surface area (Å²) < 4.78 is 7.87. The first-order valence-corrected chi connectivity index (χ1v) is 10.1. The second-order valence-corrected chi connectivity index (χ2v) is 7.80. The number of carbonyl (C=O) groups excluding carboxylic acids is 2. The van der Waals surface area contributed by atoms with E-state index in [1.54, 1.807) is 29.9 Å².